The monoisotopic (exact) mass is 278 g/mol. The Labute approximate surface area is 117 Å². The summed E-state index contributed by atoms with van der Waals surface area (Å²) in [6.45, 7) is 3.99. The van der Waals surface area contributed by atoms with Crippen molar-refractivity contribution in [2.24, 2.45) is 0 Å². The highest BCUT2D eigenvalue weighted by atomic mass is 19.1. The van der Waals surface area contributed by atoms with Gasteiger partial charge in [0.15, 0.2) is 0 Å². The summed E-state index contributed by atoms with van der Waals surface area (Å²) in [4.78, 5) is 22.7. The maximum absolute atomic E-state index is 14.0. The van der Waals surface area contributed by atoms with Gasteiger partial charge in [0.05, 0.1) is 0 Å². The summed E-state index contributed by atoms with van der Waals surface area (Å²) < 4.78 is 14.0. The number of hydrogen-bond donors (Lipinski definition) is 2. The quantitative estimate of drug-likeness (QED) is 0.832. The van der Waals surface area contributed by atoms with E-state index in [1.807, 2.05) is 13.8 Å². The molecule has 2 atom stereocenters. The zero-order valence-electron chi connectivity index (χ0n) is 11.7. The van der Waals surface area contributed by atoms with E-state index in [0.29, 0.717) is 24.1 Å². The van der Waals surface area contributed by atoms with Gasteiger partial charge in [0, 0.05) is 12.1 Å². The molecule has 1 aliphatic heterocycles. The van der Waals surface area contributed by atoms with Gasteiger partial charge < -0.3 is 5.32 Å². The highest BCUT2D eigenvalue weighted by Gasteiger charge is 2.26. The Bertz CT molecular complexity index is 531. The number of piperidine rings is 1. The molecule has 108 valence electrons. The van der Waals surface area contributed by atoms with Crippen LogP contribution in [0.15, 0.2) is 18.2 Å². The third-order valence-electron chi connectivity index (χ3n) is 3.72. The number of carbonyl (C=O) groups is 2. The van der Waals surface area contributed by atoms with Gasteiger partial charge in [-0.3, -0.25) is 14.9 Å². The van der Waals surface area contributed by atoms with E-state index in [1.54, 1.807) is 12.1 Å². The Morgan fingerprint density at radius 3 is 2.80 bits per heavy atom. The fraction of sp³-hybridized carbons (Fsp3) is 0.467. The number of anilines is 1. The molecule has 4 nitrogen and oxygen atoms in total. The molecule has 0 spiro atoms. The molecule has 20 heavy (non-hydrogen) atoms. The number of halogens is 1. The lowest BCUT2D eigenvalue weighted by atomic mass is 9.97. The Balaban J connectivity index is 2.09. The topological polar surface area (TPSA) is 58.2 Å². The zero-order valence-corrected chi connectivity index (χ0v) is 11.7. The predicted molar refractivity (Wildman–Crippen MR) is 74.9 cm³/mol. The van der Waals surface area contributed by atoms with E-state index < -0.39 is 6.04 Å². The number of rotatable bonds is 4. The predicted octanol–water partition coefficient (Wildman–Crippen LogP) is 2.56. The molecule has 5 heteroatoms. The Hall–Kier alpha value is -1.91. The molecule has 0 aliphatic carbocycles. The standard InChI is InChI=1S/C15H19FN2O2/c1-3-9(2)11-5-4-10(8-12(11)16)17-13-6-7-14(19)18-15(13)20/h4-5,8-9,13,17H,3,6-7H2,1-2H3,(H,18,19,20). The van der Waals surface area contributed by atoms with E-state index in [4.69, 9.17) is 0 Å². The van der Waals surface area contributed by atoms with Gasteiger partial charge in [-0.1, -0.05) is 19.9 Å². The van der Waals surface area contributed by atoms with E-state index >= 15 is 0 Å². The van der Waals surface area contributed by atoms with Crippen LogP contribution in [0.1, 0.15) is 44.6 Å². The van der Waals surface area contributed by atoms with Gasteiger partial charge in [-0.25, -0.2) is 4.39 Å². The lowest BCUT2D eigenvalue weighted by molar-refractivity contribution is -0.133. The molecule has 0 radical (unpaired) electrons. The summed E-state index contributed by atoms with van der Waals surface area (Å²) in [5.74, 6) is -0.713. The highest BCUT2D eigenvalue weighted by molar-refractivity contribution is 6.01. The Kier molecular flexibility index (Phi) is 4.37. The second kappa shape index (κ2) is 6.03. The van der Waals surface area contributed by atoms with Crippen LogP contribution in [0.3, 0.4) is 0 Å². The molecule has 2 amide bonds. The third kappa shape index (κ3) is 3.15. The van der Waals surface area contributed by atoms with E-state index in [0.717, 1.165) is 6.42 Å². The molecule has 1 aromatic rings. The van der Waals surface area contributed by atoms with Crippen molar-refractivity contribution in [2.75, 3.05) is 5.32 Å². The number of hydrogen-bond acceptors (Lipinski definition) is 3. The van der Waals surface area contributed by atoms with Gasteiger partial charge in [-0.15, -0.1) is 0 Å². The average molecular weight is 278 g/mol. The van der Waals surface area contributed by atoms with Gasteiger partial charge in [0.2, 0.25) is 11.8 Å². The second-order valence-corrected chi connectivity index (χ2v) is 5.19. The van der Waals surface area contributed by atoms with E-state index in [1.165, 1.54) is 6.07 Å². The van der Waals surface area contributed by atoms with Gasteiger partial charge >= 0.3 is 0 Å². The van der Waals surface area contributed by atoms with E-state index in [2.05, 4.69) is 10.6 Å². The lowest BCUT2D eigenvalue weighted by Gasteiger charge is -2.23. The summed E-state index contributed by atoms with van der Waals surface area (Å²) in [6.07, 6.45) is 1.60. The normalized spacial score (nSPS) is 20.4. The fourth-order valence-electron chi connectivity index (χ4n) is 2.27. The molecular formula is C15H19FN2O2. The lowest BCUT2D eigenvalue weighted by Crippen LogP contribution is -2.47. The summed E-state index contributed by atoms with van der Waals surface area (Å²) >= 11 is 0. The molecular weight excluding hydrogens is 259 g/mol. The van der Waals surface area contributed by atoms with Crippen molar-refractivity contribution in [3.05, 3.63) is 29.6 Å². The van der Waals surface area contributed by atoms with Crippen molar-refractivity contribution in [1.82, 2.24) is 5.32 Å². The van der Waals surface area contributed by atoms with Crippen LogP contribution in [0.4, 0.5) is 10.1 Å². The van der Waals surface area contributed by atoms with Crippen molar-refractivity contribution < 1.29 is 14.0 Å². The molecule has 2 N–H and O–H groups in total. The molecule has 1 heterocycles. The van der Waals surface area contributed by atoms with Crippen LogP contribution in [-0.4, -0.2) is 17.9 Å². The van der Waals surface area contributed by atoms with Gasteiger partial charge in [0.1, 0.15) is 11.9 Å². The number of carbonyl (C=O) groups excluding carboxylic acids is 2. The second-order valence-electron chi connectivity index (χ2n) is 5.19. The number of imide groups is 1. The molecule has 1 aromatic carbocycles. The summed E-state index contributed by atoms with van der Waals surface area (Å²) in [5.41, 5.74) is 1.24. The van der Waals surface area contributed by atoms with Crippen molar-refractivity contribution in [1.29, 1.82) is 0 Å². The van der Waals surface area contributed by atoms with Crippen LogP contribution in [0.2, 0.25) is 0 Å². The van der Waals surface area contributed by atoms with Crippen molar-refractivity contribution >= 4 is 17.5 Å². The fourth-order valence-corrected chi connectivity index (χ4v) is 2.27. The van der Waals surface area contributed by atoms with Crippen LogP contribution >= 0.6 is 0 Å². The van der Waals surface area contributed by atoms with Crippen molar-refractivity contribution in [3.63, 3.8) is 0 Å². The van der Waals surface area contributed by atoms with E-state index in [-0.39, 0.29) is 23.5 Å². The van der Waals surface area contributed by atoms with Crippen LogP contribution in [0.5, 0.6) is 0 Å². The number of amides is 2. The van der Waals surface area contributed by atoms with Gasteiger partial charge in [-0.2, -0.15) is 0 Å². The third-order valence-corrected chi connectivity index (χ3v) is 3.72. The smallest absolute Gasteiger partial charge is 0.249 e. The van der Waals surface area contributed by atoms with Crippen LogP contribution in [-0.2, 0) is 9.59 Å². The van der Waals surface area contributed by atoms with Crippen LogP contribution in [0, 0.1) is 5.82 Å². The first-order chi connectivity index (χ1) is 9.51. The first-order valence-corrected chi connectivity index (χ1v) is 6.91. The van der Waals surface area contributed by atoms with Crippen LogP contribution < -0.4 is 10.6 Å². The van der Waals surface area contributed by atoms with Crippen molar-refractivity contribution in [2.45, 2.75) is 45.1 Å². The molecule has 0 bridgehead atoms. The number of nitrogens with one attached hydrogen (secondary N) is 2. The van der Waals surface area contributed by atoms with E-state index in [9.17, 15) is 14.0 Å². The SMILES string of the molecule is CCC(C)c1ccc(NC2CCC(=O)NC2=O)cc1F. The van der Waals surface area contributed by atoms with Crippen LogP contribution in [0.25, 0.3) is 0 Å². The Morgan fingerprint density at radius 1 is 1.45 bits per heavy atom. The average Bonchev–Trinajstić information content (AvgIpc) is 2.41. The Morgan fingerprint density at radius 2 is 2.20 bits per heavy atom. The highest BCUT2D eigenvalue weighted by Crippen LogP contribution is 2.25. The zero-order chi connectivity index (χ0) is 14.7. The minimum atomic E-state index is -0.485. The molecule has 1 saturated heterocycles. The molecule has 1 fully saturated rings. The first kappa shape index (κ1) is 14.5. The minimum absolute atomic E-state index is 0.166. The summed E-state index contributed by atoms with van der Waals surface area (Å²) in [5, 5.41) is 5.24. The van der Waals surface area contributed by atoms with Crippen molar-refractivity contribution in [3.8, 4) is 0 Å². The maximum Gasteiger partial charge on any atom is 0.249 e. The minimum Gasteiger partial charge on any atom is -0.374 e. The maximum atomic E-state index is 14.0. The summed E-state index contributed by atoms with van der Waals surface area (Å²) in [7, 11) is 0. The first-order valence-electron chi connectivity index (χ1n) is 6.91. The molecule has 2 unspecified atom stereocenters. The largest absolute Gasteiger partial charge is 0.374 e. The molecule has 0 aromatic heterocycles. The molecule has 2 rings (SSSR count). The summed E-state index contributed by atoms with van der Waals surface area (Å²) in [6, 6.07) is 4.44. The van der Waals surface area contributed by atoms with Gasteiger partial charge in [0.25, 0.3) is 0 Å². The molecule has 0 saturated carbocycles. The van der Waals surface area contributed by atoms with Gasteiger partial charge in [-0.05, 0) is 36.5 Å². The number of benzene rings is 1. The molecule has 1 aliphatic rings.